The van der Waals surface area contributed by atoms with Gasteiger partial charge in [0.1, 0.15) is 6.10 Å². The molecule has 2 aliphatic heterocycles. The van der Waals surface area contributed by atoms with Gasteiger partial charge in [-0.15, -0.1) is 0 Å². The highest BCUT2D eigenvalue weighted by molar-refractivity contribution is 6.28. The monoisotopic (exact) mass is 396 g/mol. The Hall–Kier alpha value is -2.01. The fourth-order valence-electron chi connectivity index (χ4n) is 3.63. The zero-order valence-corrected chi connectivity index (χ0v) is 15.5. The lowest BCUT2D eigenvalue weighted by Gasteiger charge is -2.17. The van der Waals surface area contributed by atoms with Crippen LogP contribution in [-0.4, -0.2) is 78.5 Å². The molecule has 10 nitrogen and oxygen atoms in total. The molecule has 0 saturated carbocycles. The first-order valence-corrected chi connectivity index (χ1v) is 9.20. The predicted molar refractivity (Wildman–Crippen MR) is 96.2 cm³/mol. The molecule has 2 aromatic heterocycles. The second-order valence-electron chi connectivity index (χ2n) is 6.89. The van der Waals surface area contributed by atoms with Gasteiger partial charge in [-0.25, -0.2) is 4.98 Å². The molecule has 11 heteroatoms. The second-order valence-corrected chi connectivity index (χ2v) is 7.23. The summed E-state index contributed by atoms with van der Waals surface area (Å²) in [6.45, 7) is 2.66. The van der Waals surface area contributed by atoms with Crippen LogP contribution in [0.5, 0.6) is 0 Å². The van der Waals surface area contributed by atoms with Crippen molar-refractivity contribution in [3.8, 4) is 0 Å². The van der Waals surface area contributed by atoms with Crippen LogP contribution in [0, 0.1) is 0 Å². The summed E-state index contributed by atoms with van der Waals surface area (Å²) in [5.74, 6) is 0.519. The van der Waals surface area contributed by atoms with Crippen LogP contribution < -0.4 is 5.32 Å². The maximum atomic E-state index is 11.5. The highest BCUT2D eigenvalue weighted by atomic mass is 35.5. The van der Waals surface area contributed by atoms with Gasteiger partial charge in [0.05, 0.1) is 19.0 Å². The maximum absolute atomic E-state index is 11.5. The molecule has 4 heterocycles. The molecule has 0 aromatic carbocycles. The molecule has 2 aromatic rings. The number of likely N-dealkylation sites (tertiary alicyclic amines) is 1. The van der Waals surface area contributed by atoms with Crippen molar-refractivity contribution >= 4 is 34.5 Å². The van der Waals surface area contributed by atoms with Crippen LogP contribution in [0.15, 0.2) is 6.33 Å². The first-order valence-electron chi connectivity index (χ1n) is 8.82. The fraction of sp³-hybridized carbons (Fsp3) is 0.625. The van der Waals surface area contributed by atoms with Gasteiger partial charge in [-0.1, -0.05) is 0 Å². The number of ether oxygens (including phenoxy) is 1. The van der Waals surface area contributed by atoms with E-state index in [0.717, 1.165) is 6.42 Å². The number of aliphatic hydroxyl groups is 2. The fourth-order valence-corrected chi connectivity index (χ4v) is 3.80. The standard InChI is InChI=1S/C16H21ClN6O4/c1-8(25)22-3-2-9(5-22)19-13-12-14(21-16(17)20-13)23(7-18-12)15-11(26)4-10(6-24)27-15/h7,9-11,15,24,26H,2-6H2,1H3,(H,19,20,21)/t9?,10-,11+,15+/m0/s1. The van der Waals surface area contributed by atoms with Gasteiger partial charge in [-0.2, -0.15) is 9.97 Å². The van der Waals surface area contributed by atoms with Gasteiger partial charge in [0.25, 0.3) is 0 Å². The molecule has 1 unspecified atom stereocenters. The number of rotatable bonds is 4. The number of carbonyl (C=O) groups is 1. The normalized spacial score (nSPS) is 28.2. The number of imidazole rings is 1. The van der Waals surface area contributed by atoms with Crippen LogP contribution in [0.2, 0.25) is 5.28 Å². The molecular formula is C16H21ClN6O4. The van der Waals surface area contributed by atoms with Gasteiger partial charge in [0, 0.05) is 32.5 Å². The Morgan fingerprint density at radius 2 is 2.30 bits per heavy atom. The van der Waals surface area contributed by atoms with Crippen molar-refractivity contribution in [2.75, 3.05) is 25.0 Å². The summed E-state index contributed by atoms with van der Waals surface area (Å²) in [5, 5.41) is 22.9. The number of aromatic nitrogens is 4. The number of carbonyl (C=O) groups excluding carboxylic acids is 1. The van der Waals surface area contributed by atoms with Crippen LogP contribution in [0.4, 0.5) is 5.82 Å². The van der Waals surface area contributed by atoms with E-state index >= 15 is 0 Å². The van der Waals surface area contributed by atoms with E-state index in [-0.39, 0.29) is 23.8 Å². The molecule has 2 saturated heterocycles. The van der Waals surface area contributed by atoms with Crippen molar-refractivity contribution in [2.45, 2.75) is 44.2 Å². The van der Waals surface area contributed by atoms with Gasteiger partial charge < -0.3 is 25.2 Å². The van der Waals surface area contributed by atoms with E-state index < -0.39 is 18.4 Å². The summed E-state index contributed by atoms with van der Waals surface area (Å²) >= 11 is 6.11. The number of halogens is 1. The Kier molecular flexibility index (Phi) is 4.89. The topological polar surface area (TPSA) is 126 Å². The Morgan fingerprint density at radius 1 is 1.48 bits per heavy atom. The summed E-state index contributed by atoms with van der Waals surface area (Å²) < 4.78 is 7.29. The molecule has 146 valence electrons. The number of amides is 1. The van der Waals surface area contributed by atoms with Crippen molar-refractivity contribution in [1.82, 2.24) is 24.4 Å². The molecule has 2 fully saturated rings. The SMILES string of the molecule is CC(=O)N1CCC(Nc2nc(Cl)nc3c2ncn3[C@@H]2O[C@H](CO)C[C@H]2O)C1. The van der Waals surface area contributed by atoms with Gasteiger partial charge in [-0.05, 0) is 18.0 Å². The van der Waals surface area contributed by atoms with Crippen LogP contribution in [0.25, 0.3) is 11.2 Å². The number of nitrogens with zero attached hydrogens (tertiary/aromatic N) is 5. The minimum absolute atomic E-state index is 0.0411. The molecule has 4 rings (SSSR count). The maximum Gasteiger partial charge on any atom is 0.226 e. The lowest BCUT2D eigenvalue weighted by atomic mass is 10.2. The van der Waals surface area contributed by atoms with Crippen molar-refractivity contribution in [3.63, 3.8) is 0 Å². The van der Waals surface area contributed by atoms with Gasteiger partial charge in [0.2, 0.25) is 11.2 Å². The molecule has 2 aliphatic rings. The minimum Gasteiger partial charge on any atom is -0.394 e. The Balaban J connectivity index is 1.62. The molecule has 0 bridgehead atoms. The zero-order valence-electron chi connectivity index (χ0n) is 14.7. The second kappa shape index (κ2) is 7.19. The number of fused-ring (bicyclic) bond motifs is 1. The summed E-state index contributed by atoms with van der Waals surface area (Å²) in [5.41, 5.74) is 0.936. The van der Waals surface area contributed by atoms with Gasteiger partial charge in [0.15, 0.2) is 23.2 Å². The molecule has 0 spiro atoms. The number of hydrogen-bond donors (Lipinski definition) is 3. The lowest BCUT2D eigenvalue weighted by Crippen LogP contribution is -2.29. The van der Waals surface area contributed by atoms with Crippen molar-refractivity contribution in [3.05, 3.63) is 11.6 Å². The molecule has 1 amide bonds. The quantitative estimate of drug-likeness (QED) is 0.624. The summed E-state index contributed by atoms with van der Waals surface area (Å²) in [6.07, 6.45) is 0.716. The van der Waals surface area contributed by atoms with Gasteiger partial charge in [-0.3, -0.25) is 9.36 Å². The molecule has 3 N–H and O–H groups in total. The predicted octanol–water partition coefficient (Wildman–Crippen LogP) is 0.153. The van der Waals surface area contributed by atoms with Crippen molar-refractivity contribution in [1.29, 1.82) is 0 Å². The smallest absolute Gasteiger partial charge is 0.226 e. The third-order valence-electron chi connectivity index (χ3n) is 5.01. The van der Waals surface area contributed by atoms with Crippen molar-refractivity contribution < 1.29 is 19.7 Å². The highest BCUT2D eigenvalue weighted by Crippen LogP contribution is 2.32. The first kappa shape index (κ1) is 18.4. The largest absolute Gasteiger partial charge is 0.394 e. The van der Waals surface area contributed by atoms with E-state index in [9.17, 15) is 15.0 Å². The van der Waals surface area contributed by atoms with E-state index in [1.54, 1.807) is 16.4 Å². The lowest BCUT2D eigenvalue weighted by molar-refractivity contribution is -0.127. The summed E-state index contributed by atoms with van der Waals surface area (Å²) in [6, 6.07) is 0.0420. The Bertz CT molecular complexity index is 861. The average Bonchev–Trinajstić information content (AvgIpc) is 3.33. The number of anilines is 1. The Labute approximate surface area is 160 Å². The minimum atomic E-state index is -0.788. The zero-order chi connectivity index (χ0) is 19.1. The first-order chi connectivity index (χ1) is 13.0. The van der Waals surface area contributed by atoms with Gasteiger partial charge >= 0.3 is 0 Å². The van der Waals surface area contributed by atoms with E-state index in [1.165, 1.54) is 6.33 Å². The van der Waals surface area contributed by atoms with Crippen molar-refractivity contribution in [2.24, 2.45) is 0 Å². The van der Waals surface area contributed by atoms with Crippen LogP contribution in [0.3, 0.4) is 0 Å². The molecule has 0 aliphatic carbocycles. The number of hydrogen-bond acceptors (Lipinski definition) is 8. The van der Waals surface area contributed by atoms with E-state index in [0.29, 0.717) is 36.5 Å². The van der Waals surface area contributed by atoms with Crippen LogP contribution in [-0.2, 0) is 9.53 Å². The molecule has 0 radical (unpaired) electrons. The molecular weight excluding hydrogens is 376 g/mol. The number of aliphatic hydroxyl groups excluding tert-OH is 2. The van der Waals surface area contributed by atoms with E-state index in [1.807, 2.05) is 0 Å². The summed E-state index contributed by atoms with van der Waals surface area (Å²) in [7, 11) is 0. The number of nitrogens with one attached hydrogen (secondary N) is 1. The average molecular weight is 397 g/mol. The highest BCUT2D eigenvalue weighted by Gasteiger charge is 2.36. The van der Waals surface area contributed by atoms with Crippen LogP contribution in [0.1, 0.15) is 26.0 Å². The van der Waals surface area contributed by atoms with E-state index in [4.69, 9.17) is 16.3 Å². The third-order valence-corrected chi connectivity index (χ3v) is 5.18. The molecule has 27 heavy (non-hydrogen) atoms. The van der Waals surface area contributed by atoms with Crippen LogP contribution >= 0.6 is 11.6 Å². The third kappa shape index (κ3) is 3.45. The van der Waals surface area contributed by atoms with E-state index in [2.05, 4.69) is 20.3 Å². The summed E-state index contributed by atoms with van der Waals surface area (Å²) in [4.78, 5) is 26.1. The Morgan fingerprint density at radius 3 is 2.96 bits per heavy atom. The molecule has 4 atom stereocenters.